The molecule has 0 amide bonds. The number of thiazole rings is 1. The van der Waals surface area contributed by atoms with E-state index >= 15 is 0 Å². The first-order chi connectivity index (χ1) is 10.4. The quantitative estimate of drug-likeness (QED) is 0.517. The molecule has 2 nitrogen and oxygen atoms in total. The second-order valence-electron chi connectivity index (χ2n) is 4.79. The molecule has 0 aliphatic carbocycles. The van der Waals surface area contributed by atoms with Crippen molar-refractivity contribution in [2.45, 2.75) is 0 Å². The summed E-state index contributed by atoms with van der Waals surface area (Å²) in [7, 11) is 0. The van der Waals surface area contributed by atoms with E-state index in [-0.39, 0.29) is 0 Å². The SMILES string of the molecule is c1ccc(-c2cc3nc(-c4ccccc4)sc3cn2)cc1. The normalized spacial score (nSPS) is 10.9. The summed E-state index contributed by atoms with van der Waals surface area (Å²) in [6, 6.07) is 22.5. The first-order valence-electron chi connectivity index (χ1n) is 6.77. The van der Waals surface area contributed by atoms with Crippen molar-refractivity contribution in [3.63, 3.8) is 0 Å². The predicted molar refractivity (Wildman–Crippen MR) is 88.3 cm³/mol. The molecule has 2 aromatic heterocycles. The predicted octanol–water partition coefficient (Wildman–Crippen LogP) is 5.03. The molecule has 100 valence electrons. The van der Waals surface area contributed by atoms with E-state index in [0.29, 0.717) is 0 Å². The Balaban J connectivity index is 1.82. The fourth-order valence-corrected chi connectivity index (χ4v) is 3.23. The molecule has 0 N–H and O–H groups in total. The second-order valence-corrected chi connectivity index (χ2v) is 5.82. The van der Waals surface area contributed by atoms with Crippen molar-refractivity contribution in [1.82, 2.24) is 9.97 Å². The summed E-state index contributed by atoms with van der Waals surface area (Å²) >= 11 is 1.68. The van der Waals surface area contributed by atoms with E-state index in [1.165, 1.54) is 0 Å². The zero-order chi connectivity index (χ0) is 14.1. The van der Waals surface area contributed by atoms with Crippen molar-refractivity contribution in [2.75, 3.05) is 0 Å². The molecule has 2 aromatic carbocycles. The van der Waals surface area contributed by atoms with Crippen LogP contribution in [0.15, 0.2) is 72.9 Å². The molecule has 0 bridgehead atoms. The maximum Gasteiger partial charge on any atom is 0.124 e. The summed E-state index contributed by atoms with van der Waals surface area (Å²) in [6.45, 7) is 0. The van der Waals surface area contributed by atoms with Gasteiger partial charge in [-0.1, -0.05) is 60.7 Å². The van der Waals surface area contributed by atoms with Crippen LogP contribution in [0.25, 0.3) is 32.0 Å². The van der Waals surface area contributed by atoms with Crippen LogP contribution in [0.3, 0.4) is 0 Å². The Morgan fingerprint density at radius 1 is 0.762 bits per heavy atom. The molecule has 0 saturated carbocycles. The minimum Gasteiger partial charge on any atom is -0.255 e. The molecule has 3 heteroatoms. The van der Waals surface area contributed by atoms with Crippen LogP contribution in [0, 0.1) is 0 Å². The van der Waals surface area contributed by atoms with E-state index < -0.39 is 0 Å². The number of benzene rings is 2. The molecule has 0 aliphatic heterocycles. The van der Waals surface area contributed by atoms with Gasteiger partial charge < -0.3 is 0 Å². The summed E-state index contributed by atoms with van der Waals surface area (Å²) in [5.74, 6) is 0. The molecule has 0 spiro atoms. The van der Waals surface area contributed by atoms with Gasteiger partial charge in [0.1, 0.15) is 5.01 Å². The van der Waals surface area contributed by atoms with Crippen LogP contribution in [-0.4, -0.2) is 9.97 Å². The van der Waals surface area contributed by atoms with E-state index in [2.05, 4.69) is 35.3 Å². The Labute approximate surface area is 126 Å². The Morgan fingerprint density at radius 2 is 1.43 bits per heavy atom. The lowest BCUT2D eigenvalue weighted by molar-refractivity contribution is 1.35. The fraction of sp³-hybridized carbons (Fsp3) is 0. The third-order valence-corrected chi connectivity index (χ3v) is 4.42. The maximum absolute atomic E-state index is 4.75. The van der Waals surface area contributed by atoms with Crippen molar-refractivity contribution < 1.29 is 0 Å². The van der Waals surface area contributed by atoms with Crippen LogP contribution in [0.5, 0.6) is 0 Å². The summed E-state index contributed by atoms with van der Waals surface area (Å²) in [5.41, 5.74) is 4.24. The van der Waals surface area contributed by atoms with E-state index in [0.717, 1.165) is 32.0 Å². The number of hydrogen-bond acceptors (Lipinski definition) is 3. The van der Waals surface area contributed by atoms with Crippen LogP contribution in [0.1, 0.15) is 0 Å². The zero-order valence-corrected chi connectivity index (χ0v) is 12.0. The lowest BCUT2D eigenvalue weighted by Crippen LogP contribution is -1.82. The fourth-order valence-electron chi connectivity index (χ4n) is 2.31. The summed E-state index contributed by atoms with van der Waals surface area (Å²) in [5, 5.41) is 1.04. The van der Waals surface area contributed by atoms with E-state index in [1.807, 2.05) is 42.6 Å². The maximum atomic E-state index is 4.75. The number of aromatic nitrogens is 2. The lowest BCUT2D eigenvalue weighted by atomic mass is 10.1. The molecule has 0 atom stereocenters. The third-order valence-electron chi connectivity index (χ3n) is 3.37. The summed E-state index contributed by atoms with van der Waals surface area (Å²) in [4.78, 5) is 9.30. The molecule has 0 fully saturated rings. The largest absolute Gasteiger partial charge is 0.255 e. The van der Waals surface area contributed by atoms with Gasteiger partial charge in [0.15, 0.2) is 0 Å². The van der Waals surface area contributed by atoms with E-state index in [9.17, 15) is 0 Å². The Morgan fingerprint density at radius 3 is 2.14 bits per heavy atom. The molecule has 2 heterocycles. The molecule has 0 saturated heterocycles. The topological polar surface area (TPSA) is 25.8 Å². The minimum atomic E-state index is 0.966. The van der Waals surface area contributed by atoms with Gasteiger partial charge in [0, 0.05) is 17.3 Å². The van der Waals surface area contributed by atoms with Gasteiger partial charge in [0.2, 0.25) is 0 Å². The first kappa shape index (κ1) is 12.2. The molecule has 4 rings (SSSR count). The molecule has 0 radical (unpaired) electrons. The van der Waals surface area contributed by atoms with Crippen LogP contribution < -0.4 is 0 Å². The van der Waals surface area contributed by atoms with Crippen LogP contribution in [0.4, 0.5) is 0 Å². The van der Waals surface area contributed by atoms with Gasteiger partial charge in [-0.15, -0.1) is 11.3 Å². The zero-order valence-electron chi connectivity index (χ0n) is 11.2. The van der Waals surface area contributed by atoms with Gasteiger partial charge in [-0.25, -0.2) is 4.98 Å². The summed E-state index contributed by atoms with van der Waals surface area (Å²) < 4.78 is 1.12. The van der Waals surface area contributed by atoms with Gasteiger partial charge in [-0.05, 0) is 6.07 Å². The van der Waals surface area contributed by atoms with E-state index in [1.54, 1.807) is 11.3 Å². The molecule has 21 heavy (non-hydrogen) atoms. The van der Waals surface area contributed by atoms with Crippen molar-refractivity contribution >= 4 is 21.6 Å². The Hall–Kier alpha value is -2.52. The first-order valence-corrected chi connectivity index (χ1v) is 7.59. The van der Waals surface area contributed by atoms with Crippen molar-refractivity contribution in [3.8, 4) is 21.8 Å². The van der Waals surface area contributed by atoms with Gasteiger partial charge in [0.05, 0.1) is 15.9 Å². The van der Waals surface area contributed by atoms with Crippen LogP contribution in [-0.2, 0) is 0 Å². The lowest BCUT2D eigenvalue weighted by Gasteiger charge is -1.99. The van der Waals surface area contributed by atoms with Gasteiger partial charge in [0.25, 0.3) is 0 Å². The average Bonchev–Trinajstić information content (AvgIpc) is 2.99. The van der Waals surface area contributed by atoms with Crippen molar-refractivity contribution in [3.05, 3.63) is 72.9 Å². The monoisotopic (exact) mass is 288 g/mol. The molecule has 0 aliphatic rings. The molecule has 0 unspecified atom stereocenters. The van der Waals surface area contributed by atoms with Gasteiger partial charge >= 0.3 is 0 Å². The average molecular weight is 288 g/mol. The second kappa shape index (κ2) is 5.11. The highest BCUT2D eigenvalue weighted by molar-refractivity contribution is 7.21. The van der Waals surface area contributed by atoms with Crippen LogP contribution in [0.2, 0.25) is 0 Å². The number of fused-ring (bicyclic) bond motifs is 1. The molecular weight excluding hydrogens is 276 g/mol. The summed E-state index contributed by atoms with van der Waals surface area (Å²) in [6.07, 6.45) is 1.92. The molecule has 4 aromatic rings. The number of pyridine rings is 1. The van der Waals surface area contributed by atoms with Crippen LogP contribution >= 0.6 is 11.3 Å². The standard InChI is InChI=1S/C18H12N2S/c1-3-7-13(8-4-1)15-11-16-17(12-19-15)21-18(20-16)14-9-5-2-6-10-14/h1-12H. The third kappa shape index (κ3) is 2.32. The highest BCUT2D eigenvalue weighted by Crippen LogP contribution is 2.31. The van der Waals surface area contributed by atoms with Crippen molar-refractivity contribution in [2.24, 2.45) is 0 Å². The van der Waals surface area contributed by atoms with Crippen molar-refractivity contribution in [1.29, 1.82) is 0 Å². The highest BCUT2D eigenvalue weighted by atomic mass is 32.1. The Bertz CT molecular complexity index is 845. The smallest absolute Gasteiger partial charge is 0.124 e. The minimum absolute atomic E-state index is 0.966. The van der Waals surface area contributed by atoms with E-state index in [4.69, 9.17) is 4.98 Å². The number of rotatable bonds is 2. The highest BCUT2D eigenvalue weighted by Gasteiger charge is 2.08. The van der Waals surface area contributed by atoms with Gasteiger partial charge in [-0.3, -0.25) is 4.98 Å². The molecular formula is C18H12N2S. The number of hydrogen-bond donors (Lipinski definition) is 0. The Kier molecular flexibility index (Phi) is 2.98. The van der Waals surface area contributed by atoms with Gasteiger partial charge in [-0.2, -0.15) is 0 Å². The number of nitrogens with zero attached hydrogens (tertiary/aromatic N) is 2.